The molecule has 1 aliphatic heterocycles. The van der Waals surface area contributed by atoms with Gasteiger partial charge in [0.2, 0.25) is 11.8 Å². The van der Waals surface area contributed by atoms with Crippen LogP contribution in [0, 0.1) is 17.2 Å². The minimum Gasteiger partial charge on any atom is -0.493 e. The number of ether oxygens (including phenoxy) is 1. The molecule has 5 heteroatoms. The second-order valence-electron chi connectivity index (χ2n) is 4.83. The van der Waals surface area contributed by atoms with Crippen LogP contribution in [0.25, 0.3) is 0 Å². The summed E-state index contributed by atoms with van der Waals surface area (Å²) in [5.74, 6) is 0.225. The molecule has 1 fully saturated rings. The fourth-order valence-electron chi connectivity index (χ4n) is 2.15. The third kappa shape index (κ3) is 3.15. The minimum absolute atomic E-state index is 0.0959. The number of hydrogen-bond donors (Lipinski definition) is 0. The van der Waals surface area contributed by atoms with E-state index in [9.17, 15) is 9.59 Å². The van der Waals surface area contributed by atoms with Gasteiger partial charge >= 0.3 is 0 Å². The van der Waals surface area contributed by atoms with Gasteiger partial charge in [-0.25, -0.2) is 0 Å². The lowest BCUT2D eigenvalue weighted by Crippen LogP contribution is -2.32. The Bertz CT molecular complexity index is 562. The van der Waals surface area contributed by atoms with E-state index in [-0.39, 0.29) is 17.7 Å². The average Bonchev–Trinajstić information content (AvgIpc) is 2.69. The predicted molar refractivity (Wildman–Crippen MR) is 71.8 cm³/mol. The second-order valence-corrected chi connectivity index (χ2v) is 4.83. The zero-order chi connectivity index (χ0) is 14.5. The number of carbonyl (C=O) groups is 2. The molecule has 1 heterocycles. The Labute approximate surface area is 117 Å². The van der Waals surface area contributed by atoms with E-state index < -0.39 is 0 Å². The average molecular weight is 272 g/mol. The van der Waals surface area contributed by atoms with Crippen LogP contribution in [-0.4, -0.2) is 29.9 Å². The standard InChI is InChI=1S/C15H16N2O3/c1-11-8-14(18)17(15(11)19)6-3-7-20-13-5-2-4-12(9-13)10-16/h2,4-5,9,11H,3,6-8H2,1H3. The largest absolute Gasteiger partial charge is 0.493 e. The summed E-state index contributed by atoms with van der Waals surface area (Å²) in [6, 6.07) is 8.93. The molecular weight excluding hydrogens is 256 g/mol. The first-order chi connectivity index (χ1) is 9.61. The summed E-state index contributed by atoms with van der Waals surface area (Å²) in [7, 11) is 0. The summed E-state index contributed by atoms with van der Waals surface area (Å²) in [6.45, 7) is 2.56. The van der Waals surface area contributed by atoms with Gasteiger partial charge in [-0.2, -0.15) is 5.26 Å². The van der Waals surface area contributed by atoms with Crippen molar-refractivity contribution in [2.45, 2.75) is 19.8 Å². The predicted octanol–water partition coefficient (Wildman–Crippen LogP) is 1.72. The van der Waals surface area contributed by atoms with Gasteiger partial charge in [-0.3, -0.25) is 14.5 Å². The Kier molecular flexibility index (Phi) is 4.36. The summed E-state index contributed by atoms with van der Waals surface area (Å²) in [5, 5.41) is 8.77. The van der Waals surface area contributed by atoms with Gasteiger partial charge in [-0.15, -0.1) is 0 Å². The third-order valence-corrected chi connectivity index (χ3v) is 3.23. The molecule has 0 aliphatic carbocycles. The second kappa shape index (κ2) is 6.20. The fraction of sp³-hybridized carbons (Fsp3) is 0.400. The first kappa shape index (κ1) is 14.1. The number of nitriles is 1. The number of imide groups is 1. The highest BCUT2D eigenvalue weighted by Gasteiger charge is 2.34. The van der Waals surface area contributed by atoms with Crippen molar-refractivity contribution >= 4 is 11.8 Å². The zero-order valence-corrected chi connectivity index (χ0v) is 11.3. The van der Waals surface area contributed by atoms with Crippen LogP contribution in [0.1, 0.15) is 25.3 Å². The number of likely N-dealkylation sites (tertiary alicyclic amines) is 1. The van der Waals surface area contributed by atoms with Gasteiger partial charge in [-0.05, 0) is 24.6 Å². The molecule has 104 valence electrons. The highest BCUT2D eigenvalue weighted by Crippen LogP contribution is 2.19. The van der Waals surface area contributed by atoms with E-state index in [4.69, 9.17) is 10.00 Å². The molecule has 5 nitrogen and oxygen atoms in total. The van der Waals surface area contributed by atoms with Crippen molar-refractivity contribution in [3.63, 3.8) is 0 Å². The van der Waals surface area contributed by atoms with Crippen molar-refractivity contribution in [2.75, 3.05) is 13.2 Å². The van der Waals surface area contributed by atoms with Crippen molar-refractivity contribution in [3.8, 4) is 11.8 Å². The smallest absolute Gasteiger partial charge is 0.232 e. The van der Waals surface area contributed by atoms with Gasteiger partial charge in [0.1, 0.15) is 5.75 Å². The number of nitrogens with zero attached hydrogens (tertiary/aromatic N) is 2. The van der Waals surface area contributed by atoms with Gasteiger partial charge < -0.3 is 4.74 Å². The number of hydrogen-bond acceptors (Lipinski definition) is 4. The lowest BCUT2D eigenvalue weighted by atomic mass is 10.1. The molecule has 0 saturated carbocycles. The quantitative estimate of drug-likeness (QED) is 0.604. The molecule has 0 spiro atoms. The maximum Gasteiger partial charge on any atom is 0.232 e. The Morgan fingerprint density at radius 2 is 2.25 bits per heavy atom. The SMILES string of the molecule is CC1CC(=O)N(CCCOc2cccc(C#N)c2)C1=O. The number of carbonyl (C=O) groups excluding carboxylic acids is 2. The molecule has 1 aliphatic rings. The van der Waals surface area contributed by atoms with Gasteiger partial charge in [0.25, 0.3) is 0 Å². The molecule has 0 N–H and O–H groups in total. The van der Waals surface area contributed by atoms with Crippen molar-refractivity contribution in [1.29, 1.82) is 5.26 Å². The highest BCUT2D eigenvalue weighted by molar-refractivity contribution is 6.03. The van der Waals surface area contributed by atoms with Gasteiger partial charge in [-0.1, -0.05) is 13.0 Å². The summed E-state index contributed by atoms with van der Waals surface area (Å²) in [4.78, 5) is 24.6. The summed E-state index contributed by atoms with van der Waals surface area (Å²) < 4.78 is 5.51. The maximum atomic E-state index is 11.7. The van der Waals surface area contributed by atoms with Crippen LogP contribution in [0.15, 0.2) is 24.3 Å². The third-order valence-electron chi connectivity index (χ3n) is 3.23. The summed E-state index contributed by atoms with van der Waals surface area (Å²) >= 11 is 0. The number of rotatable bonds is 5. The molecule has 1 aromatic rings. The minimum atomic E-state index is -0.198. The molecule has 2 amide bonds. The summed E-state index contributed by atoms with van der Waals surface area (Å²) in [6.07, 6.45) is 0.894. The molecule has 0 radical (unpaired) electrons. The number of benzene rings is 1. The maximum absolute atomic E-state index is 11.7. The first-order valence-corrected chi connectivity index (χ1v) is 6.59. The van der Waals surface area contributed by atoms with Gasteiger partial charge in [0.15, 0.2) is 0 Å². The van der Waals surface area contributed by atoms with Crippen LogP contribution < -0.4 is 4.74 Å². The van der Waals surface area contributed by atoms with Crippen molar-refractivity contribution in [1.82, 2.24) is 4.90 Å². The van der Waals surface area contributed by atoms with E-state index >= 15 is 0 Å². The normalized spacial score (nSPS) is 18.2. The van der Waals surface area contributed by atoms with Crippen molar-refractivity contribution in [2.24, 2.45) is 5.92 Å². The van der Waals surface area contributed by atoms with E-state index in [1.807, 2.05) is 6.07 Å². The van der Waals surface area contributed by atoms with Crippen LogP contribution in [0.4, 0.5) is 0 Å². The fourth-order valence-corrected chi connectivity index (χ4v) is 2.15. The van der Waals surface area contributed by atoms with Crippen LogP contribution in [-0.2, 0) is 9.59 Å². The molecule has 2 rings (SSSR count). The molecule has 0 bridgehead atoms. The Morgan fingerprint density at radius 3 is 2.90 bits per heavy atom. The number of amides is 2. The molecular formula is C15H16N2O3. The van der Waals surface area contributed by atoms with E-state index in [1.54, 1.807) is 31.2 Å². The molecule has 1 aromatic carbocycles. The zero-order valence-electron chi connectivity index (χ0n) is 11.3. The van der Waals surface area contributed by atoms with E-state index in [2.05, 4.69) is 0 Å². The Balaban J connectivity index is 1.78. The lowest BCUT2D eigenvalue weighted by molar-refractivity contribution is -0.139. The Hall–Kier alpha value is -2.35. The van der Waals surface area contributed by atoms with Crippen molar-refractivity contribution in [3.05, 3.63) is 29.8 Å². The molecule has 1 atom stereocenters. The van der Waals surface area contributed by atoms with Crippen LogP contribution in [0.2, 0.25) is 0 Å². The van der Waals surface area contributed by atoms with Crippen LogP contribution in [0.5, 0.6) is 5.75 Å². The van der Waals surface area contributed by atoms with Crippen molar-refractivity contribution < 1.29 is 14.3 Å². The molecule has 0 aromatic heterocycles. The topological polar surface area (TPSA) is 70.4 Å². The Morgan fingerprint density at radius 1 is 1.45 bits per heavy atom. The molecule has 1 saturated heterocycles. The van der Waals surface area contributed by atoms with Gasteiger partial charge in [0, 0.05) is 18.9 Å². The van der Waals surface area contributed by atoms with E-state index in [0.717, 1.165) is 0 Å². The lowest BCUT2D eigenvalue weighted by Gasteiger charge is -2.14. The molecule has 20 heavy (non-hydrogen) atoms. The van der Waals surface area contributed by atoms with E-state index in [0.29, 0.717) is 37.3 Å². The van der Waals surface area contributed by atoms with Gasteiger partial charge in [0.05, 0.1) is 18.2 Å². The van der Waals surface area contributed by atoms with Crippen LogP contribution in [0.3, 0.4) is 0 Å². The van der Waals surface area contributed by atoms with Crippen LogP contribution >= 0.6 is 0 Å². The first-order valence-electron chi connectivity index (χ1n) is 6.59. The monoisotopic (exact) mass is 272 g/mol. The molecule has 1 unspecified atom stereocenters. The van der Waals surface area contributed by atoms with E-state index in [1.165, 1.54) is 4.90 Å². The summed E-state index contributed by atoms with van der Waals surface area (Å²) in [5.41, 5.74) is 0.543. The highest BCUT2D eigenvalue weighted by atomic mass is 16.5.